The molecular weight excluding hydrogens is 407 g/mol. The first-order chi connectivity index (χ1) is 14.5. The van der Waals surface area contributed by atoms with Gasteiger partial charge in [-0.25, -0.2) is 14.4 Å². The number of nitroso groups, excluding NO2 is 1. The third kappa shape index (κ3) is 4.05. The van der Waals surface area contributed by atoms with Crippen LogP contribution in [0.1, 0.15) is 18.5 Å². The topological polar surface area (TPSA) is 84.0 Å². The van der Waals surface area contributed by atoms with E-state index in [0.29, 0.717) is 39.8 Å². The first-order valence-electron chi connectivity index (χ1n) is 9.32. The van der Waals surface area contributed by atoms with E-state index in [1.165, 1.54) is 12.1 Å². The molecule has 3 aromatic rings. The molecule has 7 nitrogen and oxygen atoms in total. The molecule has 2 aromatic carbocycles. The van der Waals surface area contributed by atoms with Gasteiger partial charge in [0.25, 0.3) is 11.9 Å². The van der Waals surface area contributed by atoms with Gasteiger partial charge in [0.15, 0.2) is 4.87 Å². The molecule has 1 aliphatic rings. The number of allylic oxidation sites excluding steroid dienone is 1. The number of hydrogen-bond donors (Lipinski definition) is 2. The molecule has 2 N–H and O–H groups in total. The van der Waals surface area contributed by atoms with Gasteiger partial charge in [0.2, 0.25) is 12.0 Å². The molecule has 2 heterocycles. The quantitative estimate of drug-likeness (QED) is 0.343. The predicted molar refractivity (Wildman–Crippen MR) is 117 cm³/mol. The lowest BCUT2D eigenvalue weighted by Crippen LogP contribution is -2.33. The number of aromatic nitrogens is 2. The number of rotatable bonds is 7. The summed E-state index contributed by atoms with van der Waals surface area (Å²) in [5.41, 5.74) is 4.92. The van der Waals surface area contributed by atoms with Crippen molar-refractivity contribution in [1.29, 1.82) is 0 Å². The second-order valence-corrected chi connectivity index (χ2v) is 6.97. The average molecular weight is 425 g/mol. The Morgan fingerprint density at radius 2 is 2.13 bits per heavy atom. The minimum atomic E-state index is -0.664. The molecule has 150 valence electrons. The second kappa shape index (κ2) is 8.41. The zero-order valence-corrected chi connectivity index (χ0v) is 16.8. The summed E-state index contributed by atoms with van der Waals surface area (Å²) in [5, 5.41) is 3.87. The highest BCUT2D eigenvalue weighted by Gasteiger charge is 2.33. The van der Waals surface area contributed by atoms with Crippen LogP contribution >= 0.6 is 11.6 Å². The van der Waals surface area contributed by atoms with Gasteiger partial charge >= 0.3 is 5.71 Å². The standard InChI is InChI=1S/C21H18ClFN6O/c1-2-24-21-26-12-14-5-7-15(11-19(14)27-21)29(30)28-20(18-4-3-9-25-18)13-6-8-16(22)17(23)10-13/h3-12,20H,2H2,1H3,(H,28,30)(H,24,26,27)/q+2. The van der Waals surface area contributed by atoms with Crippen LogP contribution in [0.3, 0.4) is 0 Å². The van der Waals surface area contributed by atoms with Crippen molar-refractivity contribution >= 4 is 46.1 Å². The maximum Gasteiger partial charge on any atom is 0.336 e. The minimum absolute atomic E-state index is 0.0117. The zero-order valence-electron chi connectivity index (χ0n) is 16.0. The SMILES string of the molecule is CCNc1ncc2ccc([N+](=O)NC(C3=[N+]=CC=C3)c3ccc(Cl)c(F)c3)cc2n1. The number of hydrogen-bond acceptors (Lipinski definition) is 4. The summed E-state index contributed by atoms with van der Waals surface area (Å²) in [6, 6.07) is 8.83. The largest absolute Gasteiger partial charge is 0.354 e. The monoisotopic (exact) mass is 424 g/mol. The molecule has 1 aliphatic heterocycles. The fourth-order valence-corrected chi connectivity index (χ4v) is 3.18. The van der Waals surface area contributed by atoms with E-state index in [2.05, 4.69) is 25.4 Å². The van der Waals surface area contributed by atoms with Gasteiger partial charge in [0.05, 0.1) is 15.4 Å². The van der Waals surface area contributed by atoms with Crippen molar-refractivity contribution in [3.63, 3.8) is 0 Å². The van der Waals surface area contributed by atoms with Crippen molar-refractivity contribution in [3.8, 4) is 0 Å². The van der Waals surface area contributed by atoms with Crippen LogP contribution in [0.15, 0.2) is 54.7 Å². The summed E-state index contributed by atoms with van der Waals surface area (Å²) in [5.74, 6) is -0.0774. The Balaban J connectivity index is 1.66. The van der Waals surface area contributed by atoms with E-state index >= 15 is 0 Å². The predicted octanol–water partition coefficient (Wildman–Crippen LogP) is 3.66. The van der Waals surface area contributed by atoms with E-state index in [-0.39, 0.29) is 5.02 Å². The van der Waals surface area contributed by atoms with Gasteiger partial charge in [-0.3, -0.25) is 0 Å². The van der Waals surface area contributed by atoms with Crippen LogP contribution in [0.5, 0.6) is 0 Å². The lowest BCUT2D eigenvalue weighted by Gasteiger charge is -2.09. The summed E-state index contributed by atoms with van der Waals surface area (Å²) < 4.78 is 18.3. The molecule has 0 fully saturated rings. The lowest BCUT2D eigenvalue weighted by molar-refractivity contribution is -0.533. The normalized spacial score (nSPS) is 13.4. The molecule has 0 spiro atoms. The van der Waals surface area contributed by atoms with E-state index in [9.17, 15) is 9.30 Å². The Kier molecular flexibility index (Phi) is 5.52. The van der Waals surface area contributed by atoms with Crippen LogP contribution in [-0.4, -0.2) is 33.3 Å². The third-order valence-electron chi connectivity index (χ3n) is 4.53. The molecule has 9 heteroatoms. The molecule has 0 saturated heterocycles. The maximum atomic E-state index is 14.0. The van der Waals surface area contributed by atoms with Crippen molar-refractivity contribution in [3.05, 3.63) is 76.1 Å². The fraction of sp³-hybridized carbons (Fsp3) is 0.143. The van der Waals surface area contributed by atoms with Crippen molar-refractivity contribution in [1.82, 2.24) is 20.1 Å². The third-order valence-corrected chi connectivity index (χ3v) is 4.84. The van der Waals surface area contributed by atoms with E-state index in [4.69, 9.17) is 11.6 Å². The molecule has 1 atom stereocenters. The van der Waals surface area contributed by atoms with Gasteiger partial charge in [-0.05, 0) is 30.7 Å². The Hall–Kier alpha value is -3.61. The van der Waals surface area contributed by atoms with Crippen LogP contribution in [0.4, 0.5) is 16.0 Å². The molecule has 30 heavy (non-hydrogen) atoms. The van der Waals surface area contributed by atoms with Crippen molar-refractivity contribution in [2.75, 3.05) is 11.9 Å². The average Bonchev–Trinajstić information content (AvgIpc) is 3.28. The minimum Gasteiger partial charge on any atom is -0.354 e. The van der Waals surface area contributed by atoms with Crippen molar-refractivity contribution in [2.45, 2.75) is 13.0 Å². The summed E-state index contributed by atoms with van der Waals surface area (Å²) in [7, 11) is 0. The highest BCUT2D eigenvalue weighted by atomic mass is 35.5. The van der Waals surface area contributed by atoms with E-state index < -0.39 is 11.9 Å². The number of nitrogens with zero attached hydrogens (tertiary/aromatic N) is 4. The number of benzene rings is 2. The maximum absolute atomic E-state index is 14.0. The molecule has 0 aliphatic carbocycles. The Morgan fingerprint density at radius 3 is 2.87 bits per heavy atom. The van der Waals surface area contributed by atoms with Gasteiger partial charge in [-0.15, -0.1) is 5.43 Å². The molecular formula is C21H18ClFN6O+2. The van der Waals surface area contributed by atoms with Gasteiger partial charge < -0.3 is 5.32 Å². The van der Waals surface area contributed by atoms with Crippen LogP contribution in [0.25, 0.3) is 10.9 Å². The number of anilines is 1. The molecule has 0 radical (unpaired) electrons. The van der Waals surface area contributed by atoms with Crippen molar-refractivity contribution in [2.24, 2.45) is 0 Å². The second-order valence-electron chi connectivity index (χ2n) is 6.56. The van der Waals surface area contributed by atoms with Crippen LogP contribution in [0.2, 0.25) is 5.02 Å². The molecule has 0 bridgehead atoms. The van der Waals surface area contributed by atoms with Gasteiger partial charge in [-0.2, -0.15) is 0 Å². The highest BCUT2D eigenvalue weighted by molar-refractivity contribution is 6.30. The summed E-state index contributed by atoms with van der Waals surface area (Å²) in [4.78, 5) is 22.2. The molecule has 1 aromatic heterocycles. The van der Waals surface area contributed by atoms with Gasteiger partial charge in [-0.1, -0.05) is 22.3 Å². The number of fused-ring (bicyclic) bond motifs is 1. The van der Waals surface area contributed by atoms with E-state index in [0.717, 1.165) is 5.39 Å². The van der Waals surface area contributed by atoms with Crippen LogP contribution in [0, 0.1) is 10.7 Å². The first kappa shape index (κ1) is 19.7. The lowest BCUT2D eigenvalue weighted by atomic mass is 10.0. The number of hydrazine groups is 1. The number of halogens is 2. The smallest absolute Gasteiger partial charge is 0.336 e. The van der Waals surface area contributed by atoms with E-state index in [1.807, 2.05) is 6.92 Å². The van der Waals surface area contributed by atoms with Crippen LogP contribution in [-0.2, 0) is 0 Å². The summed E-state index contributed by atoms with van der Waals surface area (Å²) >= 11 is 5.80. The van der Waals surface area contributed by atoms with Gasteiger partial charge in [0, 0.05) is 42.4 Å². The Labute approximate surface area is 176 Å². The van der Waals surface area contributed by atoms with Gasteiger partial charge in [0.1, 0.15) is 5.82 Å². The summed E-state index contributed by atoms with van der Waals surface area (Å²) in [6.45, 7) is 2.64. The summed E-state index contributed by atoms with van der Waals surface area (Å²) in [6.07, 6.45) is 6.81. The molecule has 0 amide bonds. The number of nitrogens with one attached hydrogen (secondary N) is 2. The highest BCUT2D eigenvalue weighted by Crippen LogP contribution is 2.24. The van der Waals surface area contributed by atoms with E-state index in [1.54, 1.807) is 48.8 Å². The zero-order chi connectivity index (χ0) is 21.1. The molecule has 4 rings (SSSR count). The molecule has 1 unspecified atom stereocenters. The van der Waals surface area contributed by atoms with Crippen LogP contribution < -0.4 is 15.4 Å². The van der Waals surface area contributed by atoms with Crippen molar-refractivity contribution < 1.29 is 9.26 Å². The Bertz CT molecular complexity index is 1240. The fourth-order valence-electron chi connectivity index (χ4n) is 3.06. The Morgan fingerprint density at radius 1 is 1.27 bits per heavy atom. The first-order valence-corrected chi connectivity index (χ1v) is 9.69. The molecule has 0 saturated carbocycles.